The maximum absolute atomic E-state index is 5.39. The third-order valence-electron chi connectivity index (χ3n) is 4.41. The number of nitrogens with one attached hydrogen (secondary N) is 2. The van der Waals surface area contributed by atoms with Gasteiger partial charge in [0, 0.05) is 39.8 Å². The minimum absolute atomic E-state index is 0.173. The molecule has 148 valence electrons. The van der Waals surface area contributed by atoms with Crippen LogP contribution >= 0.6 is 0 Å². The Morgan fingerprint density at radius 1 is 1.35 bits per heavy atom. The fraction of sp³-hybridized carbons (Fsp3) is 0.824. The van der Waals surface area contributed by atoms with E-state index >= 15 is 0 Å². The van der Waals surface area contributed by atoms with Crippen LogP contribution in [0.1, 0.15) is 25.0 Å². The molecule has 0 aromatic carbocycles. The predicted octanol–water partition coefficient (Wildman–Crippen LogP) is -0.0841. The molecule has 0 radical (unpaired) electrons. The molecule has 1 fully saturated rings. The van der Waals surface area contributed by atoms with Gasteiger partial charge in [0.05, 0.1) is 19.8 Å². The van der Waals surface area contributed by atoms with Crippen molar-refractivity contribution in [1.82, 2.24) is 30.3 Å². The van der Waals surface area contributed by atoms with Gasteiger partial charge in [0.2, 0.25) is 0 Å². The van der Waals surface area contributed by atoms with Gasteiger partial charge in [-0.15, -0.1) is 10.2 Å². The first-order chi connectivity index (χ1) is 12.6. The fourth-order valence-electron chi connectivity index (χ4n) is 2.75. The second kappa shape index (κ2) is 11.1. The number of guanidine groups is 1. The molecule has 1 aliphatic rings. The van der Waals surface area contributed by atoms with Crippen molar-refractivity contribution in [3.63, 3.8) is 0 Å². The lowest BCUT2D eigenvalue weighted by Gasteiger charge is -2.26. The zero-order valence-corrected chi connectivity index (χ0v) is 16.5. The Morgan fingerprint density at radius 3 is 2.77 bits per heavy atom. The van der Waals surface area contributed by atoms with Gasteiger partial charge in [0.1, 0.15) is 12.4 Å². The van der Waals surface area contributed by atoms with Crippen LogP contribution in [0.2, 0.25) is 0 Å². The highest BCUT2D eigenvalue weighted by atomic mass is 16.5. The quantitative estimate of drug-likeness (QED) is 0.358. The molecule has 0 spiro atoms. The summed E-state index contributed by atoms with van der Waals surface area (Å²) in [4.78, 5) is 7.09. The molecule has 1 saturated heterocycles. The molecule has 1 aromatic rings. The van der Waals surface area contributed by atoms with E-state index in [1.807, 2.05) is 18.5 Å². The van der Waals surface area contributed by atoms with E-state index in [-0.39, 0.29) is 6.04 Å². The van der Waals surface area contributed by atoms with Crippen LogP contribution in [0.4, 0.5) is 0 Å². The summed E-state index contributed by atoms with van der Waals surface area (Å²) in [6, 6.07) is 0.173. The molecule has 0 amide bonds. The number of ether oxygens (including phenoxy) is 2. The highest BCUT2D eigenvalue weighted by Gasteiger charge is 2.10. The van der Waals surface area contributed by atoms with Gasteiger partial charge in [0.25, 0.3) is 0 Å². The summed E-state index contributed by atoms with van der Waals surface area (Å²) in [6.45, 7) is 10.8. The van der Waals surface area contributed by atoms with E-state index in [4.69, 9.17) is 9.47 Å². The summed E-state index contributed by atoms with van der Waals surface area (Å²) in [6.07, 6.45) is 1.06. The van der Waals surface area contributed by atoms with Gasteiger partial charge in [-0.05, 0) is 26.8 Å². The number of rotatable bonds is 9. The Hall–Kier alpha value is -1.71. The summed E-state index contributed by atoms with van der Waals surface area (Å²) in [7, 11) is 3.66. The molecule has 0 aliphatic carbocycles. The first-order valence-electron chi connectivity index (χ1n) is 9.29. The number of aryl methyl sites for hydroxylation is 1. The van der Waals surface area contributed by atoms with Crippen molar-refractivity contribution >= 4 is 5.96 Å². The molecular weight excluding hydrogens is 334 g/mol. The van der Waals surface area contributed by atoms with Crippen molar-refractivity contribution in [2.24, 2.45) is 12.0 Å². The molecule has 2 N–H and O–H groups in total. The van der Waals surface area contributed by atoms with Crippen LogP contribution in [0.25, 0.3) is 0 Å². The largest absolute Gasteiger partial charge is 0.383 e. The number of hydrogen-bond donors (Lipinski definition) is 2. The van der Waals surface area contributed by atoms with Crippen LogP contribution < -0.4 is 10.6 Å². The zero-order chi connectivity index (χ0) is 18.8. The summed E-state index contributed by atoms with van der Waals surface area (Å²) >= 11 is 0. The molecule has 9 nitrogen and oxygen atoms in total. The van der Waals surface area contributed by atoms with Crippen molar-refractivity contribution in [2.75, 3.05) is 53.1 Å². The number of aliphatic imine (C=N–C) groups is 1. The lowest BCUT2D eigenvalue weighted by molar-refractivity contribution is 0.0376. The summed E-state index contributed by atoms with van der Waals surface area (Å²) < 4.78 is 12.5. The Bertz CT molecular complexity index is 555. The number of methoxy groups -OCH3 is 1. The van der Waals surface area contributed by atoms with Gasteiger partial charge >= 0.3 is 0 Å². The third-order valence-corrected chi connectivity index (χ3v) is 4.41. The van der Waals surface area contributed by atoms with Crippen molar-refractivity contribution in [2.45, 2.75) is 32.9 Å². The molecule has 2 rings (SSSR count). The van der Waals surface area contributed by atoms with Gasteiger partial charge < -0.3 is 24.7 Å². The smallest absolute Gasteiger partial charge is 0.191 e. The zero-order valence-electron chi connectivity index (χ0n) is 16.5. The first-order valence-corrected chi connectivity index (χ1v) is 9.29. The average molecular weight is 367 g/mol. The number of morpholine rings is 1. The maximum Gasteiger partial charge on any atom is 0.191 e. The van der Waals surface area contributed by atoms with Crippen molar-refractivity contribution in [3.8, 4) is 0 Å². The van der Waals surface area contributed by atoms with Gasteiger partial charge in [-0.25, -0.2) is 4.99 Å². The molecule has 1 aromatic heterocycles. The van der Waals surface area contributed by atoms with Crippen LogP contribution in [0, 0.1) is 6.92 Å². The van der Waals surface area contributed by atoms with Gasteiger partial charge in [-0.3, -0.25) is 4.90 Å². The third kappa shape index (κ3) is 6.89. The average Bonchev–Trinajstić information content (AvgIpc) is 2.96. The molecule has 9 heteroatoms. The molecule has 0 bridgehead atoms. The van der Waals surface area contributed by atoms with E-state index in [1.54, 1.807) is 7.11 Å². The maximum atomic E-state index is 5.39. The van der Waals surface area contributed by atoms with E-state index in [1.165, 1.54) is 0 Å². The summed E-state index contributed by atoms with van der Waals surface area (Å²) in [5.74, 6) is 2.50. The van der Waals surface area contributed by atoms with Gasteiger partial charge in [-0.1, -0.05) is 0 Å². The predicted molar refractivity (Wildman–Crippen MR) is 101 cm³/mol. The second-order valence-electron chi connectivity index (χ2n) is 6.62. The van der Waals surface area contributed by atoms with Crippen molar-refractivity contribution in [1.29, 1.82) is 0 Å². The molecular formula is C17H33N7O2. The highest BCUT2D eigenvalue weighted by molar-refractivity contribution is 5.80. The van der Waals surface area contributed by atoms with Crippen molar-refractivity contribution < 1.29 is 9.47 Å². The van der Waals surface area contributed by atoms with Crippen LogP contribution in [0.15, 0.2) is 4.99 Å². The standard InChI is InChI=1S/C17H33N7O2/c1-14(13-25-4)20-17(19-12-16-22-21-15(2)23(16)3)18-6-5-7-24-8-10-26-11-9-24/h14H,5-13H2,1-4H3,(H2,18,19,20). The molecule has 1 atom stereocenters. The van der Waals surface area contributed by atoms with E-state index in [2.05, 4.69) is 37.6 Å². The Balaban J connectivity index is 1.83. The lowest BCUT2D eigenvalue weighted by Crippen LogP contribution is -2.45. The van der Waals surface area contributed by atoms with E-state index in [0.29, 0.717) is 13.2 Å². The van der Waals surface area contributed by atoms with Crippen molar-refractivity contribution in [3.05, 3.63) is 11.6 Å². The number of aromatic nitrogens is 3. The minimum Gasteiger partial charge on any atom is -0.383 e. The number of hydrogen-bond acceptors (Lipinski definition) is 6. The SMILES string of the molecule is COCC(C)NC(=NCc1nnc(C)n1C)NCCCN1CCOCC1. The van der Waals surface area contributed by atoms with E-state index in [0.717, 1.165) is 63.4 Å². The molecule has 1 aliphatic heterocycles. The topological polar surface area (TPSA) is 88.8 Å². The first kappa shape index (κ1) is 20.6. The lowest BCUT2D eigenvalue weighted by atomic mass is 10.3. The van der Waals surface area contributed by atoms with Crippen LogP contribution in [-0.2, 0) is 23.1 Å². The van der Waals surface area contributed by atoms with Crippen LogP contribution in [-0.4, -0.2) is 84.8 Å². The Labute approximate surface area is 156 Å². The van der Waals surface area contributed by atoms with Crippen LogP contribution in [0.5, 0.6) is 0 Å². The highest BCUT2D eigenvalue weighted by Crippen LogP contribution is 2.00. The number of nitrogens with zero attached hydrogens (tertiary/aromatic N) is 5. The normalized spacial score (nSPS) is 17.3. The van der Waals surface area contributed by atoms with Gasteiger partial charge in [-0.2, -0.15) is 0 Å². The fourth-order valence-corrected chi connectivity index (χ4v) is 2.75. The Morgan fingerprint density at radius 2 is 2.12 bits per heavy atom. The van der Waals surface area contributed by atoms with Gasteiger partial charge in [0.15, 0.2) is 11.8 Å². The summed E-state index contributed by atoms with van der Waals surface area (Å²) in [5, 5.41) is 15.0. The van der Waals surface area contributed by atoms with E-state index < -0.39 is 0 Å². The molecule has 26 heavy (non-hydrogen) atoms. The molecule has 0 saturated carbocycles. The van der Waals surface area contributed by atoms with E-state index in [9.17, 15) is 0 Å². The minimum atomic E-state index is 0.173. The molecule has 1 unspecified atom stereocenters. The molecule has 2 heterocycles. The summed E-state index contributed by atoms with van der Waals surface area (Å²) in [5.41, 5.74) is 0. The second-order valence-corrected chi connectivity index (χ2v) is 6.62. The Kier molecular flexibility index (Phi) is 8.79. The monoisotopic (exact) mass is 367 g/mol. The van der Waals surface area contributed by atoms with Crippen LogP contribution in [0.3, 0.4) is 0 Å².